The fourth-order valence-corrected chi connectivity index (χ4v) is 3.30. The van der Waals surface area contributed by atoms with Crippen LogP contribution in [0.3, 0.4) is 0 Å². The van der Waals surface area contributed by atoms with E-state index in [0.717, 1.165) is 45.3 Å². The number of likely N-dealkylation sites (tertiary alicyclic amines) is 1. The number of nitrogens with zero attached hydrogens (tertiary/aromatic N) is 1. The van der Waals surface area contributed by atoms with Gasteiger partial charge < -0.3 is 15.7 Å². The molecule has 2 unspecified atom stereocenters. The number of carboxylic acid groups (broad SMARTS) is 1. The zero-order valence-electron chi connectivity index (χ0n) is 12.8. The number of carbonyl (C=O) groups is 2. The number of hydrogen-bond donors (Lipinski definition) is 3. The van der Waals surface area contributed by atoms with Crippen molar-refractivity contribution in [3.05, 3.63) is 0 Å². The highest BCUT2D eigenvalue weighted by Crippen LogP contribution is 2.24. The number of hydrogen-bond acceptors (Lipinski definition) is 4. The summed E-state index contributed by atoms with van der Waals surface area (Å²) in [6.07, 6.45) is 4.71. The predicted octanol–water partition coefficient (Wildman–Crippen LogP) is 0.430. The van der Waals surface area contributed by atoms with Crippen molar-refractivity contribution < 1.29 is 14.7 Å². The van der Waals surface area contributed by atoms with E-state index in [4.69, 9.17) is 5.11 Å². The molecule has 0 radical (unpaired) electrons. The van der Waals surface area contributed by atoms with Crippen LogP contribution in [0, 0.1) is 5.92 Å². The van der Waals surface area contributed by atoms with Gasteiger partial charge in [0.15, 0.2) is 0 Å². The summed E-state index contributed by atoms with van der Waals surface area (Å²) < 4.78 is 0. The predicted molar refractivity (Wildman–Crippen MR) is 80.0 cm³/mol. The number of carboxylic acids is 1. The van der Waals surface area contributed by atoms with Crippen LogP contribution in [-0.4, -0.2) is 60.1 Å². The summed E-state index contributed by atoms with van der Waals surface area (Å²) >= 11 is 0. The summed E-state index contributed by atoms with van der Waals surface area (Å²) in [6, 6.07) is 0.496. The minimum Gasteiger partial charge on any atom is -0.481 e. The van der Waals surface area contributed by atoms with Crippen LogP contribution in [0.2, 0.25) is 0 Å². The van der Waals surface area contributed by atoms with Crippen molar-refractivity contribution in [1.82, 2.24) is 15.5 Å². The molecule has 2 fully saturated rings. The lowest BCUT2D eigenvalue weighted by molar-refractivity contribution is -0.141. The zero-order chi connectivity index (χ0) is 15.2. The molecule has 2 rings (SSSR count). The maximum Gasteiger partial charge on any atom is 0.306 e. The molecule has 0 aromatic heterocycles. The Kier molecular flexibility index (Phi) is 5.99. The van der Waals surface area contributed by atoms with Crippen LogP contribution in [0.4, 0.5) is 0 Å². The van der Waals surface area contributed by atoms with Crippen LogP contribution in [0.15, 0.2) is 0 Å². The van der Waals surface area contributed by atoms with E-state index < -0.39 is 11.9 Å². The zero-order valence-corrected chi connectivity index (χ0v) is 12.8. The summed E-state index contributed by atoms with van der Waals surface area (Å²) in [5.74, 6) is -1.14. The van der Waals surface area contributed by atoms with Gasteiger partial charge in [-0.3, -0.25) is 14.5 Å². The molecule has 6 nitrogen and oxygen atoms in total. The Morgan fingerprint density at radius 1 is 1.33 bits per heavy atom. The third-order valence-electron chi connectivity index (χ3n) is 4.67. The topological polar surface area (TPSA) is 81.7 Å². The molecule has 2 heterocycles. The summed E-state index contributed by atoms with van der Waals surface area (Å²) in [7, 11) is 0. The molecule has 0 spiro atoms. The second-order valence-corrected chi connectivity index (χ2v) is 6.20. The normalized spacial score (nSPS) is 25.7. The lowest BCUT2D eigenvalue weighted by atomic mass is 10.0. The van der Waals surface area contributed by atoms with Crippen molar-refractivity contribution in [1.29, 1.82) is 0 Å². The second-order valence-electron chi connectivity index (χ2n) is 6.20. The van der Waals surface area contributed by atoms with E-state index in [1.807, 2.05) is 0 Å². The van der Waals surface area contributed by atoms with Gasteiger partial charge in [0.05, 0.1) is 12.0 Å². The third kappa shape index (κ3) is 4.41. The average Bonchev–Trinajstić information content (AvgIpc) is 2.97. The monoisotopic (exact) mass is 297 g/mol. The lowest BCUT2D eigenvalue weighted by Gasteiger charge is -2.35. The molecule has 2 aliphatic rings. The first-order valence-corrected chi connectivity index (χ1v) is 8.06. The van der Waals surface area contributed by atoms with Gasteiger partial charge in [0.2, 0.25) is 5.91 Å². The van der Waals surface area contributed by atoms with Gasteiger partial charge in [-0.2, -0.15) is 0 Å². The average molecular weight is 297 g/mol. The largest absolute Gasteiger partial charge is 0.481 e. The van der Waals surface area contributed by atoms with Gasteiger partial charge >= 0.3 is 5.97 Å². The van der Waals surface area contributed by atoms with Gasteiger partial charge in [-0.25, -0.2) is 0 Å². The van der Waals surface area contributed by atoms with Gasteiger partial charge in [0.1, 0.15) is 0 Å². The van der Waals surface area contributed by atoms with Gasteiger partial charge in [-0.15, -0.1) is 0 Å². The van der Waals surface area contributed by atoms with Crippen LogP contribution in [0.5, 0.6) is 0 Å². The van der Waals surface area contributed by atoms with Crippen LogP contribution >= 0.6 is 0 Å². The minimum atomic E-state index is -0.804. The fraction of sp³-hybridized carbons (Fsp3) is 0.867. The van der Waals surface area contributed by atoms with E-state index in [1.54, 1.807) is 6.92 Å². The number of carbonyl (C=O) groups excluding carboxylic acids is 1. The molecule has 120 valence electrons. The van der Waals surface area contributed by atoms with Gasteiger partial charge in [0, 0.05) is 12.6 Å². The number of amides is 1. The standard InChI is InChI=1S/C15H27N3O3/c1-11(15(20)21)4-9-17-14(19)13-3-2-10-18(13)12-5-7-16-8-6-12/h11-13,16H,2-10H2,1H3,(H,17,19)(H,20,21). The first-order chi connectivity index (χ1) is 10.1. The Balaban J connectivity index is 1.79. The number of aliphatic carboxylic acids is 1. The molecule has 2 atom stereocenters. The van der Waals surface area contributed by atoms with Crippen molar-refractivity contribution in [3.8, 4) is 0 Å². The molecule has 1 amide bonds. The van der Waals surface area contributed by atoms with E-state index in [1.165, 1.54) is 0 Å². The molecule has 0 bridgehead atoms. The van der Waals surface area contributed by atoms with Crippen LogP contribution in [0.25, 0.3) is 0 Å². The number of nitrogens with one attached hydrogen (secondary N) is 2. The number of piperidine rings is 1. The summed E-state index contributed by atoms with van der Waals surface area (Å²) in [4.78, 5) is 25.5. The summed E-state index contributed by atoms with van der Waals surface area (Å²) in [6.45, 7) is 5.19. The van der Waals surface area contributed by atoms with E-state index in [2.05, 4.69) is 15.5 Å². The summed E-state index contributed by atoms with van der Waals surface area (Å²) in [5, 5.41) is 15.1. The van der Waals surface area contributed by atoms with E-state index in [0.29, 0.717) is 19.0 Å². The second kappa shape index (κ2) is 7.75. The lowest BCUT2D eigenvalue weighted by Crippen LogP contribution is -2.50. The van der Waals surface area contributed by atoms with Crippen molar-refractivity contribution in [2.45, 2.75) is 51.1 Å². The van der Waals surface area contributed by atoms with Crippen LogP contribution in [0.1, 0.15) is 39.0 Å². The molecule has 3 N–H and O–H groups in total. The van der Waals surface area contributed by atoms with Gasteiger partial charge in [-0.05, 0) is 51.7 Å². The molecular weight excluding hydrogens is 270 g/mol. The fourth-order valence-electron chi connectivity index (χ4n) is 3.30. The molecule has 6 heteroatoms. The summed E-state index contributed by atoms with van der Waals surface area (Å²) in [5.41, 5.74) is 0. The molecule has 21 heavy (non-hydrogen) atoms. The molecule has 0 saturated carbocycles. The highest BCUT2D eigenvalue weighted by molar-refractivity contribution is 5.82. The maximum atomic E-state index is 12.3. The van der Waals surface area contributed by atoms with E-state index >= 15 is 0 Å². The number of rotatable bonds is 6. The van der Waals surface area contributed by atoms with Gasteiger partial charge in [0.25, 0.3) is 0 Å². The Morgan fingerprint density at radius 3 is 2.71 bits per heavy atom. The first-order valence-electron chi connectivity index (χ1n) is 8.06. The molecule has 0 aromatic carbocycles. The Morgan fingerprint density at radius 2 is 2.05 bits per heavy atom. The first kappa shape index (κ1) is 16.2. The maximum absolute atomic E-state index is 12.3. The molecule has 0 aliphatic carbocycles. The van der Waals surface area contributed by atoms with Crippen LogP contribution in [-0.2, 0) is 9.59 Å². The van der Waals surface area contributed by atoms with E-state index in [-0.39, 0.29) is 11.9 Å². The van der Waals surface area contributed by atoms with Crippen molar-refractivity contribution in [3.63, 3.8) is 0 Å². The van der Waals surface area contributed by atoms with E-state index in [9.17, 15) is 9.59 Å². The quantitative estimate of drug-likeness (QED) is 0.662. The smallest absolute Gasteiger partial charge is 0.306 e. The van der Waals surface area contributed by atoms with Crippen LogP contribution < -0.4 is 10.6 Å². The van der Waals surface area contributed by atoms with Crippen molar-refractivity contribution in [2.75, 3.05) is 26.2 Å². The van der Waals surface area contributed by atoms with Crippen molar-refractivity contribution in [2.24, 2.45) is 5.92 Å². The third-order valence-corrected chi connectivity index (χ3v) is 4.67. The van der Waals surface area contributed by atoms with Gasteiger partial charge in [-0.1, -0.05) is 6.92 Å². The molecule has 2 aliphatic heterocycles. The molecular formula is C15H27N3O3. The Bertz CT molecular complexity index is 369. The minimum absolute atomic E-state index is 0.0202. The SMILES string of the molecule is CC(CCNC(=O)C1CCCN1C1CCNCC1)C(=O)O. The Hall–Kier alpha value is -1.14. The van der Waals surface area contributed by atoms with Crippen molar-refractivity contribution >= 4 is 11.9 Å². The molecule has 2 saturated heterocycles. The highest BCUT2D eigenvalue weighted by Gasteiger charge is 2.35. The highest BCUT2D eigenvalue weighted by atomic mass is 16.4. The molecule has 0 aromatic rings. The Labute approximate surface area is 126 Å².